The average molecular weight is 284 g/mol. The molecule has 86 valence electrons. The van der Waals surface area contributed by atoms with Crippen molar-refractivity contribution in [2.24, 2.45) is 0 Å². The van der Waals surface area contributed by atoms with E-state index in [0.717, 1.165) is 23.1 Å². The van der Waals surface area contributed by atoms with Gasteiger partial charge in [-0.3, -0.25) is 4.79 Å². The van der Waals surface area contributed by atoms with Crippen LogP contribution in [0.15, 0.2) is 22.7 Å². The molecule has 16 heavy (non-hydrogen) atoms. The molecule has 1 fully saturated rings. The fourth-order valence-corrected chi connectivity index (χ4v) is 2.83. The van der Waals surface area contributed by atoms with E-state index in [1.165, 1.54) is 5.56 Å². The number of hydrogen-bond acceptors (Lipinski definition) is 2. The number of rotatable bonds is 3. The standard InChI is InChI=1S/C12H14BrNO2/c1-14-6-9(7-14)10-3-2-8(4-11(10)13)5-12(15)16/h2-4,9H,5-7H2,1H3,(H,15,16). The molecule has 0 saturated carbocycles. The number of hydrogen-bond donors (Lipinski definition) is 1. The second kappa shape index (κ2) is 4.55. The summed E-state index contributed by atoms with van der Waals surface area (Å²) in [4.78, 5) is 12.9. The zero-order valence-electron chi connectivity index (χ0n) is 9.11. The number of likely N-dealkylation sites (tertiary alicyclic amines) is 1. The molecule has 4 heteroatoms. The molecule has 0 amide bonds. The molecular weight excluding hydrogens is 270 g/mol. The maximum atomic E-state index is 10.6. The van der Waals surface area contributed by atoms with Gasteiger partial charge in [0, 0.05) is 23.5 Å². The highest BCUT2D eigenvalue weighted by atomic mass is 79.9. The Labute approximate surface area is 103 Å². The monoisotopic (exact) mass is 283 g/mol. The van der Waals surface area contributed by atoms with E-state index < -0.39 is 5.97 Å². The first-order valence-electron chi connectivity index (χ1n) is 5.25. The third kappa shape index (κ3) is 2.44. The van der Waals surface area contributed by atoms with Crippen molar-refractivity contribution in [3.63, 3.8) is 0 Å². The summed E-state index contributed by atoms with van der Waals surface area (Å²) in [6.45, 7) is 2.16. The van der Waals surface area contributed by atoms with Gasteiger partial charge in [-0.1, -0.05) is 28.1 Å². The van der Waals surface area contributed by atoms with E-state index in [0.29, 0.717) is 5.92 Å². The molecule has 1 aliphatic rings. The van der Waals surface area contributed by atoms with E-state index in [9.17, 15) is 4.79 Å². The van der Waals surface area contributed by atoms with Gasteiger partial charge in [-0.05, 0) is 24.2 Å². The van der Waals surface area contributed by atoms with Gasteiger partial charge < -0.3 is 10.0 Å². The summed E-state index contributed by atoms with van der Waals surface area (Å²) in [6.07, 6.45) is 0.0868. The van der Waals surface area contributed by atoms with Crippen LogP contribution in [-0.2, 0) is 11.2 Å². The Morgan fingerprint density at radius 3 is 2.75 bits per heavy atom. The molecule has 1 N–H and O–H groups in total. The van der Waals surface area contributed by atoms with Gasteiger partial charge in [-0.25, -0.2) is 0 Å². The number of benzene rings is 1. The first kappa shape index (κ1) is 11.6. The topological polar surface area (TPSA) is 40.5 Å². The van der Waals surface area contributed by atoms with Crippen molar-refractivity contribution in [2.45, 2.75) is 12.3 Å². The molecule has 1 heterocycles. The summed E-state index contributed by atoms with van der Waals surface area (Å²) in [7, 11) is 2.10. The molecule has 0 radical (unpaired) electrons. The van der Waals surface area contributed by atoms with Crippen LogP contribution < -0.4 is 0 Å². The van der Waals surface area contributed by atoms with Gasteiger partial charge in [0.2, 0.25) is 0 Å². The van der Waals surface area contributed by atoms with Crippen molar-refractivity contribution in [1.29, 1.82) is 0 Å². The van der Waals surface area contributed by atoms with Crippen LogP contribution in [0.4, 0.5) is 0 Å². The van der Waals surface area contributed by atoms with Crippen molar-refractivity contribution < 1.29 is 9.90 Å². The average Bonchev–Trinajstić information content (AvgIpc) is 2.13. The Kier molecular flexibility index (Phi) is 3.30. The molecule has 1 aliphatic heterocycles. The lowest BCUT2D eigenvalue weighted by atomic mass is 9.91. The molecule has 1 aromatic rings. The summed E-state index contributed by atoms with van der Waals surface area (Å²) >= 11 is 3.52. The highest BCUT2D eigenvalue weighted by molar-refractivity contribution is 9.10. The van der Waals surface area contributed by atoms with Gasteiger partial charge >= 0.3 is 5.97 Å². The largest absolute Gasteiger partial charge is 0.481 e. The molecule has 0 unspecified atom stereocenters. The summed E-state index contributed by atoms with van der Waals surface area (Å²) < 4.78 is 1.03. The predicted octanol–water partition coefficient (Wildman–Crippen LogP) is 2.11. The fraction of sp³-hybridized carbons (Fsp3) is 0.417. The first-order valence-corrected chi connectivity index (χ1v) is 6.04. The van der Waals surface area contributed by atoms with Gasteiger partial charge in [0.05, 0.1) is 6.42 Å². The zero-order chi connectivity index (χ0) is 11.7. The molecule has 0 aromatic heterocycles. The fourth-order valence-electron chi connectivity index (χ4n) is 2.08. The Balaban J connectivity index is 2.13. The minimum absolute atomic E-state index is 0.0868. The quantitative estimate of drug-likeness (QED) is 0.924. The van der Waals surface area contributed by atoms with Crippen molar-refractivity contribution in [3.8, 4) is 0 Å². The third-order valence-electron chi connectivity index (χ3n) is 2.92. The van der Waals surface area contributed by atoms with Crippen LogP contribution in [0.5, 0.6) is 0 Å². The number of carboxylic acids is 1. The highest BCUT2D eigenvalue weighted by Crippen LogP contribution is 2.31. The maximum Gasteiger partial charge on any atom is 0.307 e. The van der Waals surface area contributed by atoms with Crippen LogP contribution in [0.3, 0.4) is 0 Å². The van der Waals surface area contributed by atoms with Gasteiger partial charge in [-0.2, -0.15) is 0 Å². The van der Waals surface area contributed by atoms with E-state index in [1.807, 2.05) is 18.2 Å². The Morgan fingerprint density at radius 1 is 1.56 bits per heavy atom. The number of nitrogens with zero attached hydrogens (tertiary/aromatic N) is 1. The predicted molar refractivity (Wildman–Crippen MR) is 65.7 cm³/mol. The number of carboxylic acid groups (broad SMARTS) is 1. The number of aliphatic carboxylic acids is 1. The highest BCUT2D eigenvalue weighted by Gasteiger charge is 2.26. The van der Waals surface area contributed by atoms with Crippen LogP contribution in [0.25, 0.3) is 0 Å². The first-order chi connectivity index (χ1) is 7.56. The van der Waals surface area contributed by atoms with Crippen molar-refractivity contribution >= 4 is 21.9 Å². The van der Waals surface area contributed by atoms with E-state index in [4.69, 9.17) is 5.11 Å². The lowest BCUT2D eigenvalue weighted by molar-refractivity contribution is -0.136. The Hall–Kier alpha value is -0.870. The minimum Gasteiger partial charge on any atom is -0.481 e. The molecule has 0 spiro atoms. The molecule has 2 rings (SSSR count). The van der Waals surface area contributed by atoms with Gasteiger partial charge in [0.25, 0.3) is 0 Å². The lowest BCUT2D eigenvalue weighted by Crippen LogP contribution is -2.41. The lowest BCUT2D eigenvalue weighted by Gasteiger charge is -2.37. The van der Waals surface area contributed by atoms with Crippen LogP contribution in [0.1, 0.15) is 17.0 Å². The Bertz CT molecular complexity index is 413. The second-order valence-electron chi connectivity index (χ2n) is 4.34. The van der Waals surface area contributed by atoms with Gasteiger partial charge in [0.1, 0.15) is 0 Å². The van der Waals surface area contributed by atoms with Crippen LogP contribution in [0.2, 0.25) is 0 Å². The van der Waals surface area contributed by atoms with Crippen molar-refractivity contribution in [1.82, 2.24) is 4.90 Å². The molecule has 3 nitrogen and oxygen atoms in total. The number of halogens is 1. The number of likely N-dealkylation sites (N-methyl/N-ethyl adjacent to an activating group) is 1. The van der Waals surface area contributed by atoms with E-state index in [1.54, 1.807) is 0 Å². The summed E-state index contributed by atoms with van der Waals surface area (Å²) in [5, 5.41) is 8.71. The van der Waals surface area contributed by atoms with Crippen LogP contribution >= 0.6 is 15.9 Å². The molecular formula is C12H14BrNO2. The van der Waals surface area contributed by atoms with Gasteiger partial charge in [-0.15, -0.1) is 0 Å². The van der Waals surface area contributed by atoms with E-state index >= 15 is 0 Å². The van der Waals surface area contributed by atoms with E-state index in [2.05, 4.69) is 27.9 Å². The molecule has 1 saturated heterocycles. The Morgan fingerprint density at radius 2 is 2.25 bits per heavy atom. The molecule has 1 aromatic carbocycles. The minimum atomic E-state index is -0.789. The van der Waals surface area contributed by atoms with Crippen LogP contribution in [0, 0.1) is 0 Å². The molecule has 0 atom stereocenters. The molecule has 0 aliphatic carbocycles. The summed E-state index contributed by atoms with van der Waals surface area (Å²) in [5.74, 6) is -0.207. The smallest absolute Gasteiger partial charge is 0.307 e. The van der Waals surface area contributed by atoms with Crippen molar-refractivity contribution in [3.05, 3.63) is 33.8 Å². The number of carbonyl (C=O) groups is 1. The normalized spacial score (nSPS) is 17.1. The van der Waals surface area contributed by atoms with Crippen molar-refractivity contribution in [2.75, 3.05) is 20.1 Å². The SMILES string of the molecule is CN1CC(c2ccc(CC(=O)O)cc2Br)C1. The maximum absolute atomic E-state index is 10.6. The zero-order valence-corrected chi connectivity index (χ0v) is 10.7. The third-order valence-corrected chi connectivity index (χ3v) is 3.61. The summed E-state index contributed by atoms with van der Waals surface area (Å²) in [5.41, 5.74) is 2.13. The molecule has 0 bridgehead atoms. The second-order valence-corrected chi connectivity index (χ2v) is 5.20. The summed E-state index contributed by atoms with van der Waals surface area (Å²) in [6, 6.07) is 5.87. The van der Waals surface area contributed by atoms with Gasteiger partial charge in [0.15, 0.2) is 0 Å². The van der Waals surface area contributed by atoms with Crippen LogP contribution in [-0.4, -0.2) is 36.1 Å². The van der Waals surface area contributed by atoms with E-state index in [-0.39, 0.29) is 6.42 Å².